The van der Waals surface area contributed by atoms with Crippen LogP contribution in [-0.4, -0.2) is 42.3 Å². The van der Waals surface area contributed by atoms with E-state index in [9.17, 15) is 0 Å². The van der Waals surface area contributed by atoms with Gasteiger partial charge >= 0.3 is 0 Å². The minimum atomic E-state index is 0.122. The van der Waals surface area contributed by atoms with Crippen LogP contribution in [0.3, 0.4) is 0 Å². The summed E-state index contributed by atoms with van der Waals surface area (Å²) in [6.07, 6.45) is 4.44. The monoisotopic (exact) mass is 198 g/mol. The van der Waals surface area contributed by atoms with Crippen LogP contribution in [0.4, 0.5) is 0 Å². The molecule has 1 heterocycles. The van der Waals surface area contributed by atoms with Gasteiger partial charge in [-0.05, 0) is 33.1 Å². The van der Waals surface area contributed by atoms with Crippen LogP contribution < -0.4 is 5.73 Å². The second kappa shape index (κ2) is 3.80. The average Bonchev–Trinajstić information content (AvgIpc) is 1.99. The Bertz CT molecular complexity index is 193. The second-order valence-electron chi connectivity index (χ2n) is 5.17. The van der Waals surface area contributed by atoms with Crippen molar-refractivity contribution in [2.45, 2.75) is 50.9 Å². The second-order valence-corrected chi connectivity index (χ2v) is 5.17. The molecule has 2 rings (SSSR count). The molecular weight excluding hydrogens is 176 g/mol. The molecule has 1 aliphatic carbocycles. The number of rotatable bonds is 2. The quantitative estimate of drug-likeness (QED) is 0.719. The maximum absolute atomic E-state index is 6.24. The van der Waals surface area contributed by atoms with Crippen molar-refractivity contribution in [2.24, 2.45) is 5.73 Å². The largest absolute Gasteiger partial charge is 0.373 e. The van der Waals surface area contributed by atoms with Crippen LogP contribution in [0.2, 0.25) is 0 Å². The normalized spacial score (nSPS) is 37.9. The van der Waals surface area contributed by atoms with Crippen molar-refractivity contribution in [1.29, 1.82) is 0 Å². The van der Waals surface area contributed by atoms with Gasteiger partial charge in [0.15, 0.2) is 0 Å². The first-order valence-electron chi connectivity index (χ1n) is 5.74. The van der Waals surface area contributed by atoms with E-state index in [4.69, 9.17) is 10.5 Å². The lowest BCUT2D eigenvalue weighted by Gasteiger charge is -2.45. The SMILES string of the molecule is C[C@@H]1CN(CC2(N)CCC2)C[C@H](C)O1. The average molecular weight is 198 g/mol. The summed E-state index contributed by atoms with van der Waals surface area (Å²) in [6, 6.07) is 0. The predicted octanol–water partition coefficient (Wildman–Crippen LogP) is 0.977. The van der Waals surface area contributed by atoms with E-state index < -0.39 is 0 Å². The fourth-order valence-electron chi connectivity index (χ4n) is 2.65. The molecule has 1 saturated carbocycles. The first-order valence-corrected chi connectivity index (χ1v) is 5.74. The van der Waals surface area contributed by atoms with Crippen molar-refractivity contribution in [3.63, 3.8) is 0 Å². The zero-order valence-corrected chi connectivity index (χ0v) is 9.33. The Morgan fingerprint density at radius 1 is 1.29 bits per heavy atom. The van der Waals surface area contributed by atoms with Crippen molar-refractivity contribution >= 4 is 0 Å². The summed E-state index contributed by atoms with van der Waals surface area (Å²) in [4.78, 5) is 2.47. The van der Waals surface area contributed by atoms with Crippen LogP contribution in [0, 0.1) is 0 Å². The van der Waals surface area contributed by atoms with E-state index in [-0.39, 0.29) is 5.54 Å². The molecule has 2 aliphatic rings. The minimum absolute atomic E-state index is 0.122. The van der Waals surface area contributed by atoms with Gasteiger partial charge in [0.05, 0.1) is 12.2 Å². The summed E-state index contributed by atoms with van der Waals surface area (Å²) in [5.74, 6) is 0. The summed E-state index contributed by atoms with van der Waals surface area (Å²) in [6.45, 7) is 7.44. The Kier molecular flexibility index (Phi) is 2.82. The van der Waals surface area contributed by atoms with Gasteiger partial charge in [-0.15, -0.1) is 0 Å². The van der Waals surface area contributed by atoms with Gasteiger partial charge in [-0.1, -0.05) is 0 Å². The van der Waals surface area contributed by atoms with Gasteiger partial charge in [0, 0.05) is 25.2 Å². The molecule has 0 radical (unpaired) electrons. The number of nitrogens with two attached hydrogens (primary N) is 1. The summed E-state index contributed by atoms with van der Waals surface area (Å²) < 4.78 is 5.70. The summed E-state index contributed by atoms with van der Waals surface area (Å²) in [5.41, 5.74) is 6.36. The summed E-state index contributed by atoms with van der Waals surface area (Å²) in [5, 5.41) is 0. The highest BCUT2D eigenvalue weighted by atomic mass is 16.5. The Hall–Kier alpha value is -0.120. The topological polar surface area (TPSA) is 38.5 Å². The first kappa shape index (κ1) is 10.4. The first-order chi connectivity index (χ1) is 6.57. The van der Waals surface area contributed by atoms with E-state index in [0.717, 1.165) is 19.6 Å². The summed E-state index contributed by atoms with van der Waals surface area (Å²) >= 11 is 0. The number of morpholine rings is 1. The molecular formula is C11H22N2O. The van der Waals surface area contributed by atoms with Crippen molar-refractivity contribution < 1.29 is 4.74 Å². The van der Waals surface area contributed by atoms with Crippen LogP contribution >= 0.6 is 0 Å². The van der Waals surface area contributed by atoms with Crippen LogP contribution in [0.15, 0.2) is 0 Å². The van der Waals surface area contributed by atoms with Gasteiger partial charge in [-0.25, -0.2) is 0 Å². The predicted molar refractivity (Wildman–Crippen MR) is 57.2 cm³/mol. The molecule has 0 aromatic heterocycles. The van der Waals surface area contributed by atoms with E-state index in [1.165, 1.54) is 19.3 Å². The smallest absolute Gasteiger partial charge is 0.0678 e. The van der Waals surface area contributed by atoms with Gasteiger partial charge in [0.25, 0.3) is 0 Å². The molecule has 0 bridgehead atoms. The molecule has 0 aromatic rings. The van der Waals surface area contributed by atoms with E-state index >= 15 is 0 Å². The third-order valence-electron chi connectivity index (χ3n) is 3.38. The fraction of sp³-hybridized carbons (Fsp3) is 1.00. The molecule has 82 valence electrons. The molecule has 1 aliphatic heterocycles. The molecule has 2 fully saturated rings. The number of hydrogen-bond donors (Lipinski definition) is 1. The van der Waals surface area contributed by atoms with Gasteiger partial charge in [-0.3, -0.25) is 4.90 Å². The third-order valence-corrected chi connectivity index (χ3v) is 3.38. The summed E-state index contributed by atoms with van der Waals surface area (Å²) in [7, 11) is 0. The fourth-order valence-corrected chi connectivity index (χ4v) is 2.65. The number of nitrogens with zero attached hydrogens (tertiary/aromatic N) is 1. The molecule has 0 aromatic carbocycles. The Morgan fingerprint density at radius 2 is 1.86 bits per heavy atom. The van der Waals surface area contributed by atoms with Crippen molar-refractivity contribution in [3.05, 3.63) is 0 Å². The standard InChI is InChI=1S/C11H22N2O/c1-9-6-13(7-10(2)14-9)8-11(12)4-3-5-11/h9-10H,3-8,12H2,1-2H3/t9-,10+. The van der Waals surface area contributed by atoms with E-state index in [1.807, 2.05) is 0 Å². The van der Waals surface area contributed by atoms with E-state index in [0.29, 0.717) is 12.2 Å². The lowest BCUT2D eigenvalue weighted by molar-refractivity contribution is -0.0759. The van der Waals surface area contributed by atoms with Crippen molar-refractivity contribution in [3.8, 4) is 0 Å². The van der Waals surface area contributed by atoms with Crippen molar-refractivity contribution in [2.75, 3.05) is 19.6 Å². The highest BCUT2D eigenvalue weighted by Crippen LogP contribution is 2.30. The zero-order valence-electron chi connectivity index (χ0n) is 9.33. The van der Waals surface area contributed by atoms with Crippen LogP contribution in [0.25, 0.3) is 0 Å². The van der Waals surface area contributed by atoms with Crippen molar-refractivity contribution in [1.82, 2.24) is 4.90 Å². The van der Waals surface area contributed by atoms with Gasteiger partial charge in [0.1, 0.15) is 0 Å². The Morgan fingerprint density at radius 3 is 2.29 bits per heavy atom. The molecule has 0 spiro atoms. The lowest BCUT2D eigenvalue weighted by atomic mass is 9.77. The maximum Gasteiger partial charge on any atom is 0.0678 e. The zero-order chi connectivity index (χ0) is 10.2. The number of hydrogen-bond acceptors (Lipinski definition) is 3. The highest BCUT2D eigenvalue weighted by molar-refractivity contribution is 4.96. The lowest BCUT2D eigenvalue weighted by Crippen LogP contribution is -2.58. The third kappa shape index (κ3) is 2.27. The Labute approximate surface area is 86.6 Å². The number of ether oxygens (including phenoxy) is 1. The molecule has 3 heteroatoms. The molecule has 14 heavy (non-hydrogen) atoms. The molecule has 3 nitrogen and oxygen atoms in total. The Balaban J connectivity index is 1.84. The molecule has 1 saturated heterocycles. The molecule has 0 amide bonds. The van der Waals surface area contributed by atoms with Gasteiger partial charge < -0.3 is 10.5 Å². The van der Waals surface area contributed by atoms with Crippen LogP contribution in [0.1, 0.15) is 33.1 Å². The van der Waals surface area contributed by atoms with E-state index in [2.05, 4.69) is 18.7 Å². The van der Waals surface area contributed by atoms with Crippen LogP contribution in [0.5, 0.6) is 0 Å². The minimum Gasteiger partial charge on any atom is -0.373 e. The maximum atomic E-state index is 6.24. The van der Waals surface area contributed by atoms with Crippen LogP contribution in [-0.2, 0) is 4.74 Å². The van der Waals surface area contributed by atoms with Gasteiger partial charge in [-0.2, -0.15) is 0 Å². The highest BCUT2D eigenvalue weighted by Gasteiger charge is 2.36. The molecule has 0 unspecified atom stereocenters. The molecule has 2 atom stereocenters. The van der Waals surface area contributed by atoms with Gasteiger partial charge in [0.2, 0.25) is 0 Å². The van der Waals surface area contributed by atoms with E-state index in [1.54, 1.807) is 0 Å². The molecule has 2 N–H and O–H groups in total.